The standard InChI is InChI=1S/C9H12FNO/c1-7(6-12-11)8-2-4-9(10)5-3-8/h2-5,7H,6,11H2,1H3. The Labute approximate surface area is 71.1 Å². The van der Waals surface area contributed by atoms with E-state index in [0.717, 1.165) is 5.56 Å². The molecule has 0 aliphatic carbocycles. The highest BCUT2D eigenvalue weighted by Crippen LogP contribution is 2.14. The van der Waals surface area contributed by atoms with Crippen LogP contribution >= 0.6 is 0 Å². The fourth-order valence-electron chi connectivity index (χ4n) is 1.03. The second kappa shape index (κ2) is 4.18. The molecule has 0 saturated heterocycles. The first kappa shape index (κ1) is 9.16. The first-order chi connectivity index (χ1) is 5.74. The average molecular weight is 169 g/mol. The molecule has 0 aliphatic heterocycles. The number of rotatable bonds is 3. The predicted octanol–water partition coefficient (Wildman–Crippen LogP) is 1.82. The van der Waals surface area contributed by atoms with Gasteiger partial charge in [-0.15, -0.1) is 0 Å². The lowest BCUT2D eigenvalue weighted by molar-refractivity contribution is 0.126. The molecule has 0 aromatic heterocycles. The Morgan fingerprint density at radius 1 is 1.42 bits per heavy atom. The highest BCUT2D eigenvalue weighted by atomic mass is 19.1. The molecular formula is C9H12FNO. The lowest BCUT2D eigenvalue weighted by Crippen LogP contribution is -2.08. The van der Waals surface area contributed by atoms with Crippen molar-refractivity contribution in [2.45, 2.75) is 12.8 Å². The molecule has 0 heterocycles. The van der Waals surface area contributed by atoms with E-state index >= 15 is 0 Å². The van der Waals surface area contributed by atoms with Crippen LogP contribution in [0, 0.1) is 5.82 Å². The van der Waals surface area contributed by atoms with Crippen molar-refractivity contribution < 1.29 is 9.23 Å². The largest absolute Gasteiger partial charge is 0.304 e. The van der Waals surface area contributed by atoms with Gasteiger partial charge in [-0.05, 0) is 17.7 Å². The molecule has 1 unspecified atom stereocenters. The van der Waals surface area contributed by atoms with E-state index in [0.29, 0.717) is 6.61 Å². The van der Waals surface area contributed by atoms with Crippen molar-refractivity contribution in [1.82, 2.24) is 0 Å². The van der Waals surface area contributed by atoms with Crippen LogP contribution in [0.4, 0.5) is 4.39 Å². The average Bonchev–Trinajstić information content (AvgIpc) is 2.06. The minimum absolute atomic E-state index is 0.204. The van der Waals surface area contributed by atoms with Crippen LogP contribution in [-0.2, 0) is 4.84 Å². The minimum atomic E-state index is -0.223. The van der Waals surface area contributed by atoms with Gasteiger partial charge in [0.2, 0.25) is 0 Å². The van der Waals surface area contributed by atoms with E-state index in [1.807, 2.05) is 6.92 Å². The molecular weight excluding hydrogens is 157 g/mol. The summed E-state index contributed by atoms with van der Waals surface area (Å²) in [5.74, 6) is 4.90. The summed E-state index contributed by atoms with van der Waals surface area (Å²) in [6, 6.07) is 6.34. The van der Waals surface area contributed by atoms with Gasteiger partial charge in [-0.1, -0.05) is 19.1 Å². The second-order valence-electron chi connectivity index (χ2n) is 2.79. The van der Waals surface area contributed by atoms with Gasteiger partial charge in [0.25, 0.3) is 0 Å². The van der Waals surface area contributed by atoms with Crippen LogP contribution in [0.25, 0.3) is 0 Å². The quantitative estimate of drug-likeness (QED) is 0.700. The van der Waals surface area contributed by atoms with E-state index in [9.17, 15) is 4.39 Å². The monoisotopic (exact) mass is 169 g/mol. The molecule has 0 bridgehead atoms. The maximum Gasteiger partial charge on any atom is 0.123 e. The summed E-state index contributed by atoms with van der Waals surface area (Å²) in [7, 11) is 0. The van der Waals surface area contributed by atoms with Crippen LogP contribution in [-0.4, -0.2) is 6.61 Å². The summed E-state index contributed by atoms with van der Waals surface area (Å²) >= 11 is 0. The third kappa shape index (κ3) is 2.29. The lowest BCUT2D eigenvalue weighted by Gasteiger charge is -2.09. The van der Waals surface area contributed by atoms with E-state index in [-0.39, 0.29) is 11.7 Å². The first-order valence-corrected chi connectivity index (χ1v) is 3.81. The number of nitrogens with two attached hydrogens (primary N) is 1. The number of hydrogen-bond acceptors (Lipinski definition) is 2. The van der Waals surface area contributed by atoms with E-state index in [2.05, 4.69) is 4.84 Å². The molecule has 0 amide bonds. The van der Waals surface area contributed by atoms with E-state index < -0.39 is 0 Å². The molecule has 1 atom stereocenters. The van der Waals surface area contributed by atoms with Crippen molar-refractivity contribution in [3.8, 4) is 0 Å². The summed E-state index contributed by atoms with van der Waals surface area (Å²) in [5.41, 5.74) is 1.03. The van der Waals surface area contributed by atoms with Gasteiger partial charge in [-0.25, -0.2) is 10.3 Å². The summed E-state index contributed by atoms with van der Waals surface area (Å²) in [4.78, 5) is 4.49. The number of halogens is 1. The third-order valence-electron chi connectivity index (χ3n) is 1.79. The van der Waals surface area contributed by atoms with Crippen LogP contribution in [0.3, 0.4) is 0 Å². The van der Waals surface area contributed by atoms with Gasteiger partial charge in [0.15, 0.2) is 0 Å². The van der Waals surface area contributed by atoms with Gasteiger partial charge in [0.1, 0.15) is 5.82 Å². The molecule has 0 saturated carbocycles. The van der Waals surface area contributed by atoms with Crippen LogP contribution in [0.1, 0.15) is 18.4 Å². The SMILES string of the molecule is CC(CON)c1ccc(F)cc1. The van der Waals surface area contributed by atoms with Gasteiger partial charge in [-0.2, -0.15) is 0 Å². The zero-order chi connectivity index (χ0) is 8.97. The maximum absolute atomic E-state index is 12.5. The van der Waals surface area contributed by atoms with Gasteiger partial charge < -0.3 is 4.84 Å². The molecule has 12 heavy (non-hydrogen) atoms. The van der Waals surface area contributed by atoms with E-state index in [4.69, 9.17) is 5.90 Å². The Hall–Kier alpha value is -0.930. The smallest absolute Gasteiger partial charge is 0.123 e. The fourth-order valence-corrected chi connectivity index (χ4v) is 1.03. The molecule has 2 N–H and O–H groups in total. The molecule has 1 rings (SSSR count). The van der Waals surface area contributed by atoms with Crippen LogP contribution in [0.5, 0.6) is 0 Å². The van der Waals surface area contributed by atoms with Crippen molar-refractivity contribution in [3.05, 3.63) is 35.6 Å². The molecule has 0 fully saturated rings. The lowest BCUT2D eigenvalue weighted by atomic mass is 10.0. The van der Waals surface area contributed by atoms with Crippen molar-refractivity contribution in [2.24, 2.45) is 5.90 Å². The summed E-state index contributed by atoms with van der Waals surface area (Å²) in [6.07, 6.45) is 0. The summed E-state index contributed by atoms with van der Waals surface area (Å²) in [5, 5.41) is 0. The zero-order valence-electron chi connectivity index (χ0n) is 6.96. The molecule has 3 heteroatoms. The Kier molecular flexibility index (Phi) is 3.19. The van der Waals surface area contributed by atoms with Crippen molar-refractivity contribution >= 4 is 0 Å². The van der Waals surface area contributed by atoms with E-state index in [1.165, 1.54) is 12.1 Å². The molecule has 2 nitrogen and oxygen atoms in total. The Bertz CT molecular complexity index is 235. The van der Waals surface area contributed by atoms with Gasteiger partial charge in [-0.3, -0.25) is 0 Å². The molecule has 0 radical (unpaired) electrons. The van der Waals surface area contributed by atoms with Crippen molar-refractivity contribution in [1.29, 1.82) is 0 Å². The number of benzene rings is 1. The molecule has 0 spiro atoms. The normalized spacial score (nSPS) is 12.9. The van der Waals surface area contributed by atoms with E-state index in [1.54, 1.807) is 12.1 Å². The topological polar surface area (TPSA) is 35.2 Å². The number of hydrogen-bond donors (Lipinski definition) is 1. The van der Waals surface area contributed by atoms with Crippen LogP contribution < -0.4 is 5.90 Å². The summed E-state index contributed by atoms with van der Waals surface area (Å²) < 4.78 is 12.5. The van der Waals surface area contributed by atoms with Crippen molar-refractivity contribution in [3.63, 3.8) is 0 Å². The predicted molar refractivity (Wildman–Crippen MR) is 45.0 cm³/mol. The zero-order valence-corrected chi connectivity index (χ0v) is 6.96. The van der Waals surface area contributed by atoms with Crippen LogP contribution in [0.2, 0.25) is 0 Å². The Balaban J connectivity index is 2.68. The Morgan fingerprint density at radius 3 is 2.50 bits per heavy atom. The Morgan fingerprint density at radius 2 is 2.00 bits per heavy atom. The maximum atomic E-state index is 12.5. The van der Waals surface area contributed by atoms with Gasteiger partial charge in [0, 0.05) is 5.92 Å². The fraction of sp³-hybridized carbons (Fsp3) is 0.333. The molecule has 1 aromatic rings. The highest BCUT2D eigenvalue weighted by molar-refractivity contribution is 5.19. The third-order valence-corrected chi connectivity index (χ3v) is 1.79. The van der Waals surface area contributed by atoms with Gasteiger partial charge >= 0.3 is 0 Å². The first-order valence-electron chi connectivity index (χ1n) is 3.81. The van der Waals surface area contributed by atoms with Crippen molar-refractivity contribution in [2.75, 3.05) is 6.61 Å². The molecule has 66 valence electrons. The second-order valence-corrected chi connectivity index (χ2v) is 2.79. The van der Waals surface area contributed by atoms with Gasteiger partial charge in [0.05, 0.1) is 6.61 Å². The van der Waals surface area contributed by atoms with Crippen LogP contribution in [0.15, 0.2) is 24.3 Å². The summed E-state index contributed by atoms with van der Waals surface area (Å²) in [6.45, 7) is 2.42. The minimum Gasteiger partial charge on any atom is -0.304 e. The molecule has 1 aromatic carbocycles. The molecule has 0 aliphatic rings. The highest BCUT2D eigenvalue weighted by Gasteiger charge is 2.04.